The van der Waals surface area contributed by atoms with Gasteiger partial charge in [-0.1, -0.05) is 33.1 Å². The summed E-state index contributed by atoms with van der Waals surface area (Å²) in [6.45, 7) is 4.81. The van der Waals surface area contributed by atoms with Crippen LogP contribution in [0, 0.1) is 0 Å². The highest BCUT2D eigenvalue weighted by Crippen LogP contribution is 2.09. The van der Waals surface area contributed by atoms with Gasteiger partial charge in [0.05, 0.1) is 0 Å². The van der Waals surface area contributed by atoms with Gasteiger partial charge in [-0.3, -0.25) is 4.79 Å². The molecule has 12 heavy (non-hydrogen) atoms. The van der Waals surface area contributed by atoms with Gasteiger partial charge in [-0.15, -0.1) is 0 Å². The first-order chi connectivity index (χ1) is 5.85. The normalized spacial score (nSPS) is 12.5. The van der Waals surface area contributed by atoms with E-state index in [4.69, 9.17) is 4.74 Å². The van der Waals surface area contributed by atoms with Crippen molar-refractivity contribution in [3.63, 3.8) is 0 Å². The molecule has 2 heteroatoms. The predicted octanol–water partition coefficient (Wildman–Crippen LogP) is 2.91. The third-order valence-electron chi connectivity index (χ3n) is 2.08. The van der Waals surface area contributed by atoms with Gasteiger partial charge >= 0.3 is 0 Å². The predicted molar refractivity (Wildman–Crippen MR) is 50.0 cm³/mol. The van der Waals surface area contributed by atoms with Crippen LogP contribution in [0.1, 0.15) is 52.4 Å². The van der Waals surface area contributed by atoms with Crippen LogP contribution in [0.4, 0.5) is 0 Å². The molecule has 0 amide bonds. The van der Waals surface area contributed by atoms with Gasteiger partial charge in [0.1, 0.15) is 6.10 Å². The summed E-state index contributed by atoms with van der Waals surface area (Å²) in [5.74, 6) is 0. The van der Waals surface area contributed by atoms with Crippen molar-refractivity contribution in [3.8, 4) is 0 Å². The Morgan fingerprint density at radius 1 is 1.25 bits per heavy atom. The number of carbonyl (C=O) groups excluding carboxylic acids is 1. The SMILES string of the molecule is CCCCCC[C@H](CC)OC=O. The van der Waals surface area contributed by atoms with Crippen LogP contribution in [0.2, 0.25) is 0 Å². The Hall–Kier alpha value is -0.530. The largest absolute Gasteiger partial charge is 0.465 e. The maximum atomic E-state index is 10.0. The zero-order chi connectivity index (χ0) is 9.23. The van der Waals surface area contributed by atoms with Gasteiger partial charge in [-0.25, -0.2) is 0 Å². The molecule has 0 aliphatic rings. The molecule has 0 aliphatic heterocycles. The number of hydrogen-bond donors (Lipinski definition) is 0. The van der Waals surface area contributed by atoms with E-state index in [9.17, 15) is 4.79 Å². The summed E-state index contributed by atoms with van der Waals surface area (Å²) >= 11 is 0. The fourth-order valence-electron chi connectivity index (χ4n) is 1.25. The molecule has 0 rings (SSSR count). The number of ether oxygens (including phenoxy) is 1. The summed E-state index contributed by atoms with van der Waals surface area (Å²) in [5, 5.41) is 0. The molecule has 0 aromatic heterocycles. The fraction of sp³-hybridized carbons (Fsp3) is 0.900. The molecule has 0 spiro atoms. The molecule has 0 N–H and O–H groups in total. The van der Waals surface area contributed by atoms with E-state index >= 15 is 0 Å². The van der Waals surface area contributed by atoms with Gasteiger partial charge in [-0.2, -0.15) is 0 Å². The van der Waals surface area contributed by atoms with Crippen molar-refractivity contribution in [2.75, 3.05) is 0 Å². The molecule has 0 aromatic rings. The zero-order valence-electron chi connectivity index (χ0n) is 8.21. The van der Waals surface area contributed by atoms with E-state index in [-0.39, 0.29) is 6.10 Å². The molecule has 0 radical (unpaired) electrons. The molecule has 0 saturated carbocycles. The highest BCUT2D eigenvalue weighted by atomic mass is 16.5. The molecule has 0 aliphatic carbocycles. The smallest absolute Gasteiger partial charge is 0.293 e. The van der Waals surface area contributed by atoms with Crippen LogP contribution in [0.5, 0.6) is 0 Å². The van der Waals surface area contributed by atoms with Crippen molar-refractivity contribution >= 4 is 6.47 Å². The second-order valence-electron chi connectivity index (χ2n) is 3.11. The Morgan fingerprint density at radius 3 is 2.50 bits per heavy atom. The lowest BCUT2D eigenvalue weighted by molar-refractivity contribution is -0.134. The minimum absolute atomic E-state index is 0.152. The number of rotatable bonds is 8. The fourth-order valence-corrected chi connectivity index (χ4v) is 1.25. The maximum absolute atomic E-state index is 10.0. The molecule has 72 valence electrons. The molecule has 0 saturated heterocycles. The topological polar surface area (TPSA) is 26.3 Å². The van der Waals surface area contributed by atoms with Gasteiger partial charge in [0.25, 0.3) is 6.47 Å². The van der Waals surface area contributed by atoms with Gasteiger partial charge in [-0.05, 0) is 19.3 Å². The number of carbonyl (C=O) groups is 1. The summed E-state index contributed by atoms with van der Waals surface area (Å²) < 4.78 is 4.89. The second kappa shape index (κ2) is 8.57. The Bertz CT molecular complexity index is 102. The molecule has 2 nitrogen and oxygen atoms in total. The van der Waals surface area contributed by atoms with Gasteiger partial charge in [0, 0.05) is 0 Å². The Morgan fingerprint density at radius 2 is 2.00 bits per heavy atom. The molecule has 1 atom stereocenters. The van der Waals surface area contributed by atoms with E-state index in [0.717, 1.165) is 12.8 Å². The first-order valence-corrected chi connectivity index (χ1v) is 4.94. The number of hydrogen-bond acceptors (Lipinski definition) is 2. The molecule has 0 unspecified atom stereocenters. The van der Waals surface area contributed by atoms with E-state index in [2.05, 4.69) is 6.92 Å². The van der Waals surface area contributed by atoms with E-state index in [0.29, 0.717) is 6.47 Å². The van der Waals surface area contributed by atoms with Crippen molar-refractivity contribution < 1.29 is 9.53 Å². The number of unbranched alkanes of at least 4 members (excludes halogenated alkanes) is 3. The maximum Gasteiger partial charge on any atom is 0.293 e. The first-order valence-electron chi connectivity index (χ1n) is 4.94. The van der Waals surface area contributed by atoms with E-state index in [1.165, 1.54) is 25.7 Å². The summed E-state index contributed by atoms with van der Waals surface area (Å²) in [7, 11) is 0. The average Bonchev–Trinajstić information content (AvgIpc) is 2.10. The molecular weight excluding hydrogens is 152 g/mol. The third kappa shape index (κ3) is 6.20. The van der Waals surface area contributed by atoms with E-state index < -0.39 is 0 Å². The lowest BCUT2D eigenvalue weighted by atomic mass is 10.1. The molecule has 0 bridgehead atoms. The summed E-state index contributed by atoms with van der Waals surface area (Å²) in [6.07, 6.45) is 7.10. The second-order valence-corrected chi connectivity index (χ2v) is 3.11. The molecule has 0 fully saturated rings. The third-order valence-corrected chi connectivity index (χ3v) is 2.08. The monoisotopic (exact) mass is 172 g/mol. The highest BCUT2D eigenvalue weighted by molar-refractivity contribution is 5.37. The van der Waals surface area contributed by atoms with E-state index in [1.54, 1.807) is 0 Å². The van der Waals surface area contributed by atoms with Gasteiger partial charge in [0.15, 0.2) is 0 Å². The Labute approximate surface area is 75.3 Å². The van der Waals surface area contributed by atoms with Crippen molar-refractivity contribution in [1.29, 1.82) is 0 Å². The van der Waals surface area contributed by atoms with Crippen molar-refractivity contribution in [2.45, 2.75) is 58.5 Å². The minimum Gasteiger partial charge on any atom is -0.465 e. The molecule has 0 aromatic carbocycles. The molecule has 0 heterocycles. The van der Waals surface area contributed by atoms with Crippen LogP contribution in [-0.2, 0) is 9.53 Å². The lowest BCUT2D eigenvalue weighted by Gasteiger charge is -2.11. The Kier molecular flexibility index (Phi) is 8.19. The standard InChI is InChI=1S/C10H20O2/c1-3-5-6-7-8-10(4-2)12-9-11/h9-10H,3-8H2,1-2H3/t10-/m0/s1. The zero-order valence-corrected chi connectivity index (χ0v) is 8.21. The van der Waals surface area contributed by atoms with Gasteiger partial charge in [0.2, 0.25) is 0 Å². The van der Waals surface area contributed by atoms with Crippen LogP contribution < -0.4 is 0 Å². The van der Waals surface area contributed by atoms with E-state index in [1.807, 2.05) is 6.92 Å². The van der Waals surface area contributed by atoms with Crippen molar-refractivity contribution in [2.24, 2.45) is 0 Å². The van der Waals surface area contributed by atoms with Crippen LogP contribution >= 0.6 is 0 Å². The average molecular weight is 172 g/mol. The quantitative estimate of drug-likeness (QED) is 0.415. The van der Waals surface area contributed by atoms with Crippen LogP contribution in [-0.4, -0.2) is 12.6 Å². The molecular formula is C10H20O2. The summed E-state index contributed by atoms with van der Waals surface area (Å²) in [5.41, 5.74) is 0. The minimum atomic E-state index is 0.152. The van der Waals surface area contributed by atoms with Crippen molar-refractivity contribution in [3.05, 3.63) is 0 Å². The van der Waals surface area contributed by atoms with Crippen LogP contribution in [0.25, 0.3) is 0 Å². The summed E-state index contributed by atoms with van der Waals surface area (Å²) in [6, 6.07) is 0. The Balaban J connectivity index is 3.25. The highest BCUT2D eigenvalue weighted by Gasteiger charge is 2.04. The van der Waals surface area contributed by atoms with Crippen LogP contribution in [0.3, 0.4) is 0 Å². The van der Waals surface area contributed by atoms with Crippen molar-refractivity contribution in [1.82, 2.24) is 0 Å². The summed E-state index contributed by atoms with van der Waals surface area (Å²) in [4.78, 5) is 10.0. The lowest BCUT2D eigenvalue weighted by Crippen LogP contribution is -2.10. The first kappa shape index (κ1) is 11.5. The van der Waals surface area contributed by atoms with Crippen LogP contribution in [0.15, 0.2) is 0 Å². The van der Waals surface area contributed by atoms with Gasteiger partial charge < -0.3 is 4.74 Å².